The van der Waals surface area contributed by atoms with Gasteiger partial charge >= 0.3 is 5.97 Å². The molecule has 0 aromatic carbocycles. The molecule has 4 aromatic rings. The Bertz CT molecular complexity index is 1910. The van der Waals surface area contributed by atoms with E-state index in [1.54, 1.807) is 35.3 Å². The van der Waals surface area contributed by atoms with Crippen LogP contribution in [0.3, 0.4) is 0 Å². The van der Waals surface area contributed by atoms with Crippen LogP contribution < -0.4 is 10.6 Å². The predicted octanol–water partition coefficient (Wildman–Crippen LogP) is 7.52. The van der Waals surface area contributed by atoms with Crippen LogP contribution in [-0.4, -0.2) is 107 Å². The second kappa shape index (κ2) is 19.8. The molecular weight excluding hydrogens is 754 g/mol. The Labute approximate surface area is 339 Å². The summed E-state index contributed by atoms with van der Waals surface area (Å²) in [6.45, 7) is 0. The zero-order valence-electron chi connectivity index (χ0n) is 33.1. The van der Waals surface area contributed by atoms with Gasteiger partial charge in [0.2, 0.25) is 0 Å². The number of hydrogen-bond donors (Lipinski definition) is 3. The number of esters is 1. The molecule has 2 saturated carbocycles. The van der Waals surface area contributed by atoms with Crippen LogP contribution in [0.15, 0.2) is 12.7 Å². The van der Waals surface area contributed by atoms with Crippen molar-refractivity contribution in [2.75, 3.05) is 53.0 Å². The normalized spacial score (nSPS) is 24.1. The Hall–Kier alpha value is -3.19. The highest BCUT2D eigenvalue weighted by atomic mass is 35.5. The molecule has 15 heteroatoms. The standard InChI is InChI=1S/C20H28N4O2S.C19H25N5S.CH4O.ClH/c1-24(2)14-7-5-13(6-8-14)23-19-18-17-12(10-16(25)26-3)4-9-15(17)27-20(18)22-11-21-19;1-24(2)14-6-4-13(5-7-14)23-18-17-16-12(9-10-20)3-8-15(16)25-19(17)22-11-21-18;1-2;/h11-14H,4-10H2,1-3H3,(H,21,22,23);11-14H,3-9H2,1-2H3,(H,21,22,23);2H,1H3;1H. The van der Waals surface area contributed by atoms with E-state index in [4.69, 9.17) is 15.1 Å². The molecule has 4 heterocycles. The lowest BCUT2D eigenvalue weighted by Crippen LogP contribution is -2.36. The van der Waals surface area contributed by atoms with Crippen LogP contribution in [-0.2, 0) is 22.4 Å². The number of anilines is 2. The number of aryl methyl sites for hydroxylation is 2. The van der Waals surface area contributed by atoms with E-state index >= 15 is 0 Å². The average molecular weight is 813 g/mol. The summed E-state index contributed by atoms with van der Waals surface area (Å²) >= 11 is 3.54. The van der Waals surface area contributed by atoms with Crippen LogP contribution in [0.4, 0.5) is 11.6 Å². The number of thiophene rings is 2. The van der Waals surface area contributed by atoms with Gasteiger partial charge in [-0.25, -0.2) is 19.9 Å². The maximum Gasteiger partial charge on any atom is 0.306 e. The van der Waals surface area contributed by atoms with Crippen LogP contribution in [0.1, 0.15) is 110 Å². The van der Waals surface area contributed by atoms with Gasteiger partial charge in [0.25, 0.3) is 0 Å². The van der Waals surface area contributed by atoms with E-state index in [9.17, 15) is 4.79 Å². The summed E-state index contributed by atoms with van der Waals surface area (Å²) < 4.78 is 4.91. The summed E-state index contributed by atoms with van der Waals surface area (Å²) in [6, 6.07) is 4.69. The zero-order valence-corrected chi connectivity index (χ0v) is 35.6. The molecular formula is C40H58ClN9O3S2. The maximum absolute atomic E-state index is 11.9. The number of rotatable bonds is 9. The first-order valence-electron chi connectivity index (χ1n) is 19.5. The molecule has 8 rings (SSSR count). The number of carbonyl (C=O) groups excluding carboxylic acids is 1. The number of nitrogens with one attached hydrogen (secondary N) is 2. The molecule has 12 nitrogen and oxygen atoms in total. The Morgan fingerprint density at radius 1 is 0.764 bits per heavy atom. The van der Waals surface area contributed by atoms with Gasteiger partial charge in [0.05, 0.1) is 30.4 Å². The molecule has 4 aromatic heterocycles. The van der Waals surface area contributed by atoms with Crippen LogP contribution >= 0.6 is 35.1 Å². The van der Waals surface area contributed by atoms with Crippen molar-refractivity contribution in [1.29, 1.82) is 5.26 Å². The van der Waals surface area contributed by atoms with Crippen molar-refractivity contribution in [3.63, 3.8) is 0 Å². The van der Waals surface area contributed by atoms with Crippen molar-refractivity contribution < 1.29 is 14.6 Å². The molecule has 2 atom stereocenters. The molecule has 300 valence electrons. The SMILES string of the molecule is CN(C)C1CCC(Nc2ncnc3sc4c(c23)C(CC#N)CC4)CC1.CO.COC(=O)CC1CCc2sc3ncnc(NC4CCC(N(C)C)CC4)c3c21.Cl. The first-order chi connectivity index (χ1) is 26.2. The summed E-state index contributed by atoms with van der Waals surface area (Å²) in [6.07, 6.45) is 18.2. The fourth-order valence-corrected chi connectivity index (χ4v) is 11.5. The second-order valence-corrected chi connectivity index (χ2v) is 17.7. The van der Waals surface area contributed by atoms with Crippen molar-refractivity contribution in [3.05, 3.63) is 33.5 Å². The molecule has 4 aliphatic carbocycles. The Morgan fingerprint density at radius 3 is 1.62 bits per heavy atom. The lowest BCUT2D eigenvalue weighted by Gasteiger charge is -2.33. The molecule has 0 bridgehead atoms. The van der Waals surface area contributed by atoms with Gasteiger partial charge in [0.15, 0.2) is 0 Å². The number of aromatic nitrogens is 4. The highest BCUT2D eigenvalue weighted by molar-refractivity contribution is 7.19. The number of carbonyl (C=O) groups is 1. The first kappa shape index (κ1) is 42.9. The fraction of sp³-hybridized carbons (Fsp3) is 0.650. The van der Waals surface area contributed by atoms with Gasteiger partial charge < -0.3 is 30.3 Å². The molecule has 0 spiro atoms. The minimum absolute atomic E-state index is 0. The van der Waals surface area contributed by atoms with Crippen LogP contribution in [0, 0.1) is 11.3 Å². The minimum atomic E-state index is -0.138. The zero-order chi connectivity index (χ0) is 38.4. The molecule has 0 saturated heterocycles. The Balaban J connectivity index is 0.000000199. The minimum Gasteiger partial charge on any atom is -0.469 e. The van der Waals surface area contributed by atoms with E-state index in [-0.39, 0.29) is 24.3 Å². The number of nitrogens with zero attached hydrogens (tertiary/aromatic N) is 7. The van der Waals surface area contributed by atoms with E-state index < -0.39 is 0 Å². The van der Waals surface area contributed by atoms with Gasteiger partial charge in [0.1, 0.15) is 34.0 Å². The van der Waals surface area contributed by atoms with E-state index in [0.717, 1.165) is 72.3 Å². The van der Waals surface area contributed by atoms with Crippen LogP contribution in [0.2, 0.25) is 0 Å². The van der Waals surface area contributed by atoms with Crippen LogP contribution in [0.5, 0.6) is 0 Å². The summed E-state index contributed by atoms with van der Waals surface area (Å²) in [5, 5.41) is 25.9. The molecule has 2 unspecified atom stereocenters. The second-order valence-electron chi connectivity index (χ2n) is 15.5. The van der Waals surface area contributed by atoms with Crippen molar-refractivity contribution in [2.45, 2.75) is 126 Å². The number of nitriles is 1. The van der Waals surface area contributed by atoms with E-state index in [1.807, 2.05) is 0 Å². The molecule has 0 aliphatic heterocycles. The maximum atomic E-state index is 11.9. The number of aliphatic hydroxyl groups excluding tert-OH is 1. The molecule has 0 amide bonds. The van der Waals surface area contributed by atoms with Gasteiger partial charge in [0, 0.05) is 47.5 Å². The third kappa shape index (κ3) is 9.68. The quantitative estimate of drug-likeness (QED) is 0.143. The van der Waals surface area contributed by atoms with Crippen molar-refractivity contribution in [3.8, 4) is 6.07 Å². The summed E-state index contributed by atoms with van der Waals surface area (Å²) in [4.78, 5) is 39.6. The smallest absolute Gasteiger partial charge is 0.306 e. The molecule has 2 fully saturated rings. The average Bonchev–Trinajstić information content (AvgIpc) is 3.95. The number of methoxy groups -OCH3 is 1. The monoisotopic (exact) mass is 811 g/mol. The van der Waals surface area contributed by atoms with Gasteiger partial charge in [-0.2, -0.15) is 5.26 Å². The fourth-order valence-electron chi connectivity index (χ4n) is 9.02. The molecule has 4 aliphatic rings. The number of aliphatic hydroxyl groups is 1. The summed E-state index contributed by atoms with van der Waals surface area (Å²) in [5.41, 5.74) is 2.64. The highest BCUT2D eigenvalue weighted by Gasteiger charge is 2.33. The Morgan fingerprint density at radius 2 is 1.20 bits per heavy atom. The third-order valence-corrected chi connectivity index (χ3v) is 14.3. The topological polar surface area (TPSA) is 152 Å². The van der Waals surface area contributed by atoms with Gasteiger partial charge in [-0.3, -0.25) is 4.79 Å². The van der Waals surface area contributed by atoms with Gasteiger partial charge in [-0.15, -0.1) is 35.1 Å². The van der Waals surface area contributed by atoms with Gasteiger partial charge in [-0.1, -0.05) is 0 Å². The Kier molecular flexibility index (Phi) is 15.5. The lowest BCUT2D eigenvalue weighted by atomic mass is 9.90. The number of hydrogen-bond acceptors (Lipinski definition) is 14. The third-order valence-electron chi connectivity index (χ3n) is 12.0. The van der Waals surface area contributed by atoms with Gasteiger partial charge in [-0.05, 0) is 128 Å². The van der Waals surface area contributed by atoms with E-state index in [1.165, 1.54) is 71.9 Å². The number of fused-ring (bicyclic) bond motifs is 6. The molecule has 3 N–H and O–H groups in total. The molecule has 0 radical (unpaired) electrons. The van der Waals surface area contributed by atoms with Crippen molar-refractivity contribution in [2.24, 2.45) is 0 Å². The van der Waals surface area contributed by atoms with Crippen molar-refractivity contribution in [1.82, 2.24) is 29.7 Å². The number of ether oxygens (including phenoxy) is 1. The largest absolute Gasteiger partial charge is 0.469 e. The van der Waals surface area contributed by atoms with E-state index in [2.05, 4.69) is 74.6 Å². The van der Waals surface area contributed by atoms with Crippen molar-refractivity contribution >= 4 is 73.1 Å². The lowest BCUT2D eigenvalue weighted by molar-refractivity contribution is -0.141. The molecule has 55 heavy (non-hydrogen) atoms. The summed E-state index contributed by atoms with van der Waals surface area (Å²) in [7, 11) is 11.2. The summed E-state index contributed by atoms with van der Waals surface area (Å²) in [5.74, 6) is 2.37. The first-order valence-corrected chi connectivity index (χ1v) is 21.1. The highest BCUT2D eigenvalue weighted by Crippen LogP contribution is 2.48. The van der Waals surface area contributed by atoms with E-state index in [0.29, 0.717) is 42.9 Å². The predicted molar refractivity (Wildman–Crippen MR) is 226 cm³/mol. The van der Waals surface area contributed by atoms with Crippen LogP contribution in [0.25, 0.3) is 20.4 Å². The number of halogens is 1.